The maximum absolute atomic E-state index is 12.7. The Labute approximate surface area is 291 Å². The first-order chi connectivity index (χ1) is 25.0. The first-order valence-electron chi connectivity index (χ1n) is 15.0. The number of hydrogen-bond donors (Lipinski definition) is 0. The van der Waals surface area contributed by atoms with Crippen LogP contribution < -0.4 is 18.9 Å². The summed E-state index contributed by atoms with van der Waals surface area (Å²) in [7, 11) is 0. The van der Waals surface area contributed by atoms with Crippen molar-refractivity contribution in [3.63, 3.8) is 0 Å². The lowest BCUT2D eigenvalue weighted by atomic mass is 10.1. The molecule has 0 amide bonds. The monoisotopic (exact) mass is 698 g/mol. The predicted octanol–water partition coefficient (Wildman–Crippen LogP) is 5.18. The molecule has 5 aromatic rings. The van der Waals surface area contributed by atoms with Gasteiger partial charge in [-0.2, -0.15) is 0 Å². The van der Waals surface area contributed by atoms with Gasteiger partial charge in [0.05, 0.1) is 44.5 Å². The standard InChI is InChI=1S/C38H18O14/c39-31(19-1-7-23(8-2-19)49-33(41)21-5-15-27-29(17-21)37(45)51-35(27)43)47-25-11-13-26(14-12-25)48-32(40)20-3-9-24(10-4-20)50-34(42)22-6-16-28-30(18-22)38(46)52-36(28)44/h1-18H. The minimum Gasteiger partial charge on any atom is -0.423 e. The van der Waals surface area contributed by atoms with Crippen molar-refractivity contribution in [1.82, 2.24) is 0 Å². The first kappa shape index (κ1) is 32.8. The quantitative estimate of drug-likeness (QED) is 0.117. The van der Waals surface area contributed by atoms with Crippen LogP contribution in [0.4, 0.5) is 0 Å². The Morgan fingerprint density at radius 2 is 0.577 bits per heavy atom. The molecule has 2 heterocycles. The highest BCUT2D eigenvalue weighted by Crippen LogP contribution is 2.25. The lowest BCUT2D eigenvalue weighted by molar-refractivity contribution is 0.0425. The fraction of sp³-hybridized carbons (Fsp3) is 0. The normalized spacial score (nSPS) is 12.6. The SMILES string of the molecule is O=C(Oc1ccc(OC(=O)c2ccc(OC(=O)c3ccc4c(c3)C(=O)OC4=O)cc2)cc1)c1ccc(OC(=O)c2ccc3c(c2)C(=O)OC3=O)cc1. The molecule has 0 fully saturated rings. The summed E-state index contributed by atoms with van der Waals surface area (Å²) in [5.41, 5.74) is 0.338. The Kier molecular flexibility index (Phi) is 8.38. The third kappa shape index (κ3) is 6.62. The zero-order valence-electron chi connectivity index (χ0n) is 26.1. The van der Waals surface area contributed by atoms with Crippen molar-refractivity contribution in [2.75, 3.05) is 0 Å². The number of benzene rings is 5. The number of carbonyl (C=O) groups excluding carboxylic acids is 8. The van der Waals surface area contributed by atoms with E-state index in [0.29, 0.717) is 0 Å². The number of rotatable bonds is 8. The van der Waals surface area contributed by atoms with Crippen molar-refractivity contribution >= 4 is 47.8 Å². The van der Waals surface area contributed by atoms with E-state index in [1.165, 1.54) is 109 Å². The molecule has 7 rings (SSSR count). The van der Waals surface area contributed by atoms with Crippen LogP contribution in [0.2, 0.25) is 0 Å². The van der Waals surface area contributed by atoms with E-state index in [1.807, 2.05) is 0 Å². The zero-order chi connectivity index (χ0) is 36.5. The highest BCUT2D eigenvalue weighted by molar-refractivity contribution is 6.16. The van der Waals surface area contributed by atoms with Crippen LogP contribution in [0, 0.1) is 0 Å². The van der Waals surface area contributed by atoms with Crippen LogP contribution in [0.25, 0.3) is 0 Å². The van der Waals surface area contributed by atoms with Gasteiger partial charge in [-0.25, -0.2) is 38.4 Å². The van der Waals surface area contributed by atoms with Gasteiger partial charge in [-0.1, -0.05) is 0 Å². The van der Waals surface area contributed by atoms with Gasteiger partial charge in [-0.3, -0.25) is 0 Å². The van der Waals surface area contributed by atoms with Gasteiger partial charge in [0.1, 0.15) is 23.0 Å². The number of hydrogen-bond acceptors (Lipinski definition) is 14. The number of esters is 8. The first-order valence-corrected chi connectivity index (χ1v) is 15.0. The second-order valence-electron chi connectivity index (χ2n) is 11.0. The lowest BCUT2D eigenvalue weighted by Gasteiger charge is -2.09. The van der Waals surface area contributed by atoms with Crippen LogP contribution in [0.5, 0.6) is 23.0 Å². The summed E-state index contributed by atoms with van der Waals surface area (Å²) >= 11 is 0. The molecule has 254 valence electrons. The van der Waals surface area contributed by atoms with Gasteiger partial charge in [0.15, 0.2) is 0 Å². The largest absolute Gasteiger partial charge is 0.423 e. The van der Waals surface area contributed by atoms with Crippen molar-refractivity contribution in [3.05, 3.63) is 154 Å². The molecule has 0 N–H and O–H groups in total. The highest BCUT2D eigenvalue weighted by atomic mass is 16.6. The minimum atomic E-state index is -0.856. The third-order valence-electron chi connectivity index (χ3n) is 7.61. The molecule has 0 bridgehead atoms. The fourth-order valence-electron chi connectivity index (χ4n) is 4.98. The molecule has 0 radical (unpaired) electrons. The maximum Gasteiger partial charge on any atom is 0.346 e. The molecule has 0 saturated carbocycles. The second kappa shape index (κ2) is 13.3. The average Bonchev–Trinajstić information content (AvgIpc) is 3.60. The number of carbonyl (C=O) groups is 8. The molecular weight excluding hydrogens is 680 g/mol. The summed E-state index contributed by atoms with van der Waals surface area (Å²) < 4.78 is 30.4. The summed E-state index contributed by atoms with van der Waals surface area (Å²) in [6.45, 7) is 0. The molecule has 0 unspecified atom stereocenters. The molecule has 2 aliphatic rings. The number of cyclic esters (lactones) is 4. The van der Waals surface area contributed by atoms with Gasteiger partial charge in [0, 0.05) is 0 Å². The molecule has 0 atom stereocenters. The second-order valence-corrected chi connectivity index (χ2v) is 11.0. The van der Waals surface area contributed by atoms with Gasteiger partial charge in [-0.15, -0.1) is 0 Å². The molecule has 14 nitrogen and oxygen atoms in total. The van der Waals surface area contributed by atoms with Crippen LogP contribution in [-0.4, -0.2) is 47.8 Å². The van der Waals surface area contributed by atoms with Gasteiger partial charge < -0.3 is 28.4 Å². The Balaban J connectivity index is 0.900. The van der Waals surface area contributed by atoms with E-state index in [1.54, 1.807) is 0 Å². The Hall–Kier alpha value is -7.74. The topological polar surface area (TPSA) is 192 Å². The summed E-state index contributed by atoms with van der Waals surface area (Å²) in [5.74, 6) is -5.84. The van der Waals surface area contributed by atoms with E-state index in [9.17, 15) is 38.4 Å². The van der Waals surface area contributed by atoms with Gasteiger partial charge >= 0.3 is 47.8 Å². The fourth-order valence-corrected chi connectivity index (χ4v) is 4.98. The van der Waals surface area contributed by atoms with E-state index in [0.717, 1.165) is 0 Å². The van der Waals surface area contributed by atoms with E-state index in [2.05, 4.69) is 9.47 Å². The molecule has 0 aliphatic carbocycles. The van der Waals surface area contributed by atoms with E-state index >= 15 is 0 Å². The smallest absolute Gasteiger partial charge is 0.346 e. The number of ether oxygens (including phenoxy) is 6. The van der Waals surface area contributed by atoms with Crippen molar-refractivity contribution in [3.8, 4) is 23.0 Å². The highest BCUT2D eigenvalue weighted by Gasteiger charge is 2.32. The average molecular weight is 699 g/mol. The zero-order valence-corrected chi connectivity index (χ0v) is 26.1. The summed E-state index contributed by atoms with van der Waals surface area (Å²) in [5, 5.41) is 0. The van der Waals surface area contributed by atoms with Crippen LogP contribution in [0.3, 0.4) is 0 Å². The van der Waals surface area contributed by atoms with Crippen LogP contribution in [-0.2, 0) is 9.47 Å². The molecule has 0 aromatic heterocycles. The molecule has 0 saturated heterocycles. The Morgan fingerprint density at radius 3 is 0.904 bits per heavy atom. The molecule has 52 heavy (non-hydrogen) atoms. The molecule has 0 spiro atoms. The van der Waals surface area contributed by atoms with Crippen molar-refractivity contribution < 1.29 is 66.8 Å². The van der Waals surface area contributed by atoms with E-state index in [4.69, 9.17) is 18.9 Å². The summed E-state index contributed by atoms with van der Waals surface area (Å²) in [6, 6.07) is 24.3. The number of fused-ring (bicyclic) bond motifs is 2. The van der Waals surface area contributed by atoms with E-state index < -0.39 is 47.8 Å². The molecule has 2 aliphatic heterocycles. The lowest BCUT2D eigenvalue weighted by Crippen LogP contribution is -2.11. The molecular formula is C38H18O14. The molecule has 5 aromatic carbocycles. The summed E-state index contributed by atoms with van der Waals surface area (Å²) in [4.78, 5) is 97.2. The molecule has 14 heteroatoms. The van der Waals surface area contributed by atoms with Gasteiger partial charge in [-0.05, 0) is 109 Å². The van der Waals surface area contributed by atoms with Gasteiger partial charge in [0.25, 0.3) is 0 Å². The van der Waals surface area contributed by atoms with Crippen LogP contribution in [0.15, 0.2) is 109 Å². The Bertz CT molecular complexity index is 2200. The maximum atomic E-state index is 12.7. The van der Waals surface area contributed by atoms with Crippen molar-refractivity contribution in [1.29, 1.82) is 0 Å². The Morgan fingerprint density at radius 1 is 0.327 bits per heavy atom. The van der Waals surface area contributed by atoms with Crippen LogP contribution in [0.1, 0.15) is 82.9 Å². The minimum absolute atomic E-state index is 0.0181. The third-order valence-corrected chi connectivity index (χ3v) is 7.61. The van der Waals surface area contributed by atoms with Crippen molar-refractivity contribution in [2.45, 2.75) is 0 Å². The van der Waals surface area contributed by atoms with E-state index in [-0.39, 0.29) is 67.5 Å². The summed E-state index contributed by atoms with van der Waals surface area (Å²) in [6.07, 6.45) is 0. The van der Waals surface area contributed by atoms with Gasteiger partial charge in [0.2, 0.25) is 0 Å². The van der Waals surface area contributed by atoms with Crippen LogP contribution >= 0.6 is 0 Å². The predicted molar refractivity (Wildman–Crippen MR) is 172 cm³/mol. The van der Waals surface area contributed by atoms with Crippen molar-refractivity contribution in [2.24, 2.45) is 0 Å².